The quantitative estimate of drug-likeness (QED) is 0.634. The van der Waals surface area contributed by atoms with Crippen LogP contribution >= 0.6 is 11.8 Å². The van der Waals surface area contributed by atoms with E-state index in [4.69, 9.17) is 0 Å². The van der Waals surface area contributed by atoms with E-state index in [1.807, 2.05) is 36.6 Å². The van der Waals surface area contributed by atoms with Crippen molar-refractivity contribution in [2.24, 2.45) is 0 Å². The van der Waals surface area contributed by atoms with E-state index in [-0.39, 0.29) is 17.5 Å². The molecule has 27 heavy (non-hydrogen) atoms. The van der Waals surface area contributed by atoms with Crippen molar-refractivity contribution in [2.75, 3.05) is 12.3 Å². The fraction of sp³-hybridized carbons (Fsp3) is 0.250. The topological polar surface area (TPSA) is 59.8 Å². The second-order valence-corrected chi connectivity index (χ2v) is 7.16. The molecule has 0 saturated heterocycles. The number of benzene rings is 2. The first-order valence-corrected chi connectivity index (χ1v) is 9.64. The van der Waals surface area contributed by atoms with Crippen LogP contribution in [-0.2, 0) is 11.2 Å². The molecule has 1 amide bonds. The lowest BCUT2D eigenvalue weighted by molar-refractivity contribution is -0.118. The molecule has 0 saturated carbocycles. The van der Waals surface area contributed by atoms with Crippen LogP contribution < -0.4 is 5.32 Å². The molecule has 0 bridgehead atoms. The Hall–Kier alpha value is -2.67. The van der Waals surface area contributed by atoms with Gasteiger partial charge in [0.05, 0.1) is 5.75 Å². The largest absolute Gasteiger partial charge is 0.355 e. The van der Waals surface area contributed by atoms with Crippen LogP contribution in [0.2, 0.25) is 0 Å². The fourth-order valence-electron chi connectivity index (χ4n) is 2.68. The molecule has 0 aliphatic heterocycles. The van der Waals surface area contributed by atoms with E-state index in [1.54, 1.807) is 12.1 Å². The lowest BCUT2D eigenvalue weighted by Crippen LogP contribution is -2.27. The number of hydrogen-bond donors (Lipinski definition) is 1. The van der Waals surface area contributed by atoms with Crippen LogP contribution in [0.1, 0.15) is 17.0 Å². The van der Waals surface area contributed by atoms with Crippen LogP contribution in [0.15, 0.2) is 53.7 Å². The molecule has 0 fully saturated rings. The van der Waals surface area contributed by atoms with Crippen molar-refractivity contribution in [1.29, 1.82) is 0 Å². The van der Waals surface area contributed by atoms with Gasteiger partial charge in [0.1, 0.15) is 11.6 Å². The second kappa shape index (κ2) is 8.81. The van der Waals surface area contributed by atoms with Crippen molar-refractivity contribution in [3.63, 3.8) is 0 Å². The van der Waals surface area contributed by atoms with E-state index in [1.165, 1.54) is 23.9 Å². The maximum Gasteiger partial charge on any atom is 0.230 e. The standard InChI is InChI=1S/C20H21FN4OS/c1-14-4-3-5-18(12-14)25-15(2)23-24-20(25)27-13-19(26)22-11-10-16-6-8-17(21)9-7-16/h3-9,12H,10-11,13H2,1-2H3,(H,22,26). The van der Waals surface area contributed by atoms with Crippen molar-refractivity contribution in [2.45, 2.75) is 25.4 Å². The van der Waals surface area contributed by atoms with Crippen LogP contribution in [0.4, 0.5) is 4.39 Å². The van der Waals surface area contributed by atoms with Crippen molar-refractivity contribution in [1.82, 2.24) is 20.1 Å². The second-order valence-electron chi connectivity index (χ2n) is 6.22. The minimum atomic E-state index is -0.257. The van der Waals surface area contributed by atoms with Gasteiger partial charge < -0.3 is 5.32 Å². The summed E-state index contributed by atoms with van der Waals surface area (Å²) in [6.07, 6.45) is 0.662. The zero-order valence-corrected chi connectivity index (χ0v) is 16.1. The van der Waals surface area contributed by atoms with Crippen LogP contribution in [-0.4, -0.2) is 33.0 Å². The molecule has 0 aliphatic rings. The van der Waals surface area contributed by atoms with Gasteiger partial charge in [-0.05, 0) is 55.7 Å². The summed E-state index contributed by atoms with van der Waals surface area (Å²) in [4.78, 5) is 12.1. The molecule has 7 heteroatoms. The number of nitrogens with zero attached hydrogens (tertiary/aromatic N) is 3. The Labute approximate surface area is 162 Å². The molecule has 0 atom stereocenters. The van der Waals surface area contributed by atoms with Gasteiger partial charge in [0, 0.05) is 12.2 Å². The Kier molecular flexibility index (Phi) is 6.24. The van der Waals surface area contributed by atoms with Crippen LogP contribution in [0, 0.1) is 19.7 Å². The highest BCUT2D eigenvalue weighted by molar-refractivity contribution is 7.99. The summed E-state index contributed by atoms with van der Waals surface area (Å²) >= 11 is 1.35. The summed E-state index contributed by atoms with van der Waals surface area (Å²) in [5.41, 5.74) is 3.12. The van der Waals surface area contributed by atoms with Gasteiger partial charge >= 0.3 is 0 Å². The van der Waals surface area contributed by atoms with Gasteiger partial charge in [0.25, 0.3) is 0 Å². The first-order valence-electron chi connectivity index (χ1n) is 8.66. The maximum absolute atomic E-state index is 12.9. The highest BCUT2D eigenvalue weighted by atomic mass is 32.2. The lowest BCUT2D eigenvalue weighted by atomic mass is 10.1. The van der Waals surface area contributed by atoms with Gasteiger partial charge in [-0.15, -0.1) is 10.2 Å². The molecule has 0 unspecified atom stereocenters. The minimum Gasteiger partial charge on any atom is -0.355 e. The average Bonchev–Trinajstić information content (AvgIpc) is 3.02. The number of carbonyl (C=O) groups is 1. The zero-order valence-electron chi connectivity index (χ0n) is 15.3. The van der Waals surface area contributed by atoms with Crippen LogP contribution in [0.5, 0.6) is 0 Å². The highest BCUT2D eigenvalue weighted by Crippen LogP contribution is 2.22. The Morgan fingerprint density at radius 1 is 1.15 bits per heavy atom. The third-order valence-electron chi connectivity index (χ3n) is 4.04. The summed E-state index contributed by atoms with van der Waals surface area (Å²) in [7, 11) is 0. The molecule has 2 aromatic carbocycles. The summed E-state index contributed by atoms with van der Waals surface area (Å²) < 4.78 is 14.8. The maximum atomic E-state index is 12.9. The lowest BCUT2D eigenvalue weighted by Gasteiger charge is -2.09. The Morgan fingerprint density at radius 2 is 1.93 bits per heavy atom. The normalized spacial score (nSPS) is 10.8. The smallest absolute Gasteiger partial charge is 0.230 e. The van der Waals surface area contributed by atoms with E-state index in [2.05, 4.69) is 21.6 Å². The first kappa shape index (κ1) is 19.1. The predicted molar refractivity (Wildman–Crippen MR) is 105 cm³/mol. The molecular formula is C20H21FN4OS. The fourth-order valence-corrected chi connectivity index (χ4v) is 3.51. The van der Waals surface area contributed by atoms with Gasteiger partial charge in [-0.2, -0.15) is 0 Å². The SMILES string of the molecule is Cc1cccc(-n2c(C)nnc2SCC(=O)NCCc2ccc(F)cc2)c1. The van der Waals surface area contributed by atoms with Crippen molar-refractivity contribution in [3.8, 4) is 5.69 Å². The average molecular weight is 384 g/mol. The third kappa shape index (κ3) is 5.17. The number of aromatic nitrogens is 3. The van der Waals surface area contributed by atoms with E-state index in [0.29, 0.717) is 18.1 Å². The van der Waals surface area contributed by atoms with E-state index < -0.39 is 0 Å². The number of rotatable bonds is 7. The van der Waals surface area contributed by atoms with Gasteiger partial charge in [0.2, 0.25) is 5.91 Å². The monoisotopic (exact) mass is 384 g/mol. The number of carbonyl (C=O) groups excluding carboxylic acids is 1. The van der Waals surface area contributed by atoms with Crippen LogP contribution in [0.25, 0.3) is 5.69 Å². The Balaban J connectivity index is 1.54. The molecule has 1 aromatic heterocycles. The van der Waals surface area contributed by atoms with Gasteiger partial charge in [-0.1, -0.05) is 36.0 Å². The molecule has 0 radical (unpaired) electrons. The van der Waals surface area contributed by atoms with Crippen LogP contribution in [0.3, 0.4) is 0 Å². The van der Waals surface area contributed by atoms with E-state index in [9.17, 15) is 9.18 Å². The third-order valence-corrected chi connectivity index (χ3v) is 4.97. The molecular weight excluding hydrogens is 363 g/mol. The number of amides is 1. The summed E-state index contributed by atoms with van der Waals surface area (Å²) in [6.45, 7) is 4.43. The number of halogens is 1. The Morgan fingerprint density at radius 3 is 2.67 bits per heavy atom. The van der Waals surface area contributed by atoms with Gasteiger partial charge in [0.15, 0.2) is 5.16 Å². The predicted octanol–water partition coefficient (Wildman–Crippen LogP) is 3.47. The zero-order chi connectivity index (χ0) is 19.2. The Bertz CT molecular complexity index is 924. The molecule has 140 valence electrons. The molecule has 0 aliphatic carbocycles. The van der Waals surface area contributed by atoms with E-state index >= 15 is 0 Å². The summed E-state index contributed by atoms with van der Waals surface area (Å²) in [5, 5.41) is 11.9. The number of hydrogen-bond acceptors (Lipinski definition) is 4. The van der Waals surface area contributed by atoms with Crippen molar-refractivity contribution >= 4 is 17.7 Å². The number of nitrogens with one attached hydrogen (secondary N) is 1. The van der Waals surface area contributed by atoms with Crippen molar-refractivity contribution < 1.29 is 9.18 Å². The van der Waals surface area contributed by atoms with E-state index in [0.717, 1.165) is 22.6 Å². The first-order chi connectivity index (χ1) is 13.0. The molecule has 1 heterocycles. The minimum absolute atomic E-state index is 0.0708. The molecule has 3 aromatic rings. The number of thioether (sulfide) groups is 1. The molecule has 0 spiro atoms. The molecule has 5 nitrogen and oxygen atoms in total. The summed E-state index contributed by atoms with van der Waals surface area (Å²) in [5.74, 6) is 0.707. The van der Waals surface area contributed by atoms with Gasteiger partial charge in [-0.25, -0.2) is 4.39 Å². The highest BCUT2D eigenvalue weighted by Gasteiger charge is 2.13. The molecule has 1 N–H and O–H groups in total. The molecule has 3 rings (SSSR count). The van der Waals surface area contributed by atoms with Crippen molar-refractivity contribution in [3.05, 3.63) is 71.3 Å². The number of aryl methyl sites for hydroxylation is 2. The van der Waals surface area contributed by atoms with Gasteiger partial charge in [-0.3, -0.25) is 9.36 Å². The summed E-state index contributed by atoms with van der Waals surface area (Å²) in [6, 6.07) is 14.4.